The maximum atomic E-state index is 13.0. The van der Waals surface area contributed by atoms with Gasteiger partial charge in [-0.1, -0.05) is 18.2 Å². The number of hydrogen-bond donors (Lipinski definition) is 3. The van der Waals surface area contributed by atoms with Crippen LogP contribution in [0.15, 0.2) is 71.3 Å². The fourth-order valence-electron chi connectivity index (χ4n) is 3.68. The Balaban J connectivity index is 1.95. The Morgan fingerprint density at radius 1 is 1.05 bits per heavy atom. The van der Waals surface area contributed by atoms with E-state index in [4.69, 9.17) is 15.2 Å². The Kier molecular flexibility index (Phi) is 8.26. The van der Waals surface area contributed by atoms with Crippen molar-refractivity contribution in [3.63, 3.8) is 0 Å². The molecule has 0 fully saturated rings. The van der Waals surface area contributed by atoms with Crippen molar-refractivity contribution in [1.29, 1.82) is 5.26 Å². The molecule has 2 aromatic rings. The minimum atomic E-state index is -4.59. The summed E-state index contributed by atoms with van der Waals surface area (Å²) in [6, 6.07) is 11.1. The minimum absolute atomic E-state index is 0.0938. The van der Waals surface area contributed by atoms with Gasteiger partial charge >= 0.3 is 24.1 Å². The lowest BCUT2D eigenvalue weighted by Crippen LogP contribution is -2.27. The summed E-state index contributed by atoms with van der Waals surface area (Å²) in [6.07, 6.45) is -5.06. The Morgan fingerprint density at radius 3 is 2.26 bits per heavy atom. The maximum Gasteiger partial charge on any atom is 0.416 e. The van der Waals surface area contributed by atoms with Gasteiger partial charge < -0.3 is 30.6 Å². The van der Waals surface area contributed by atoms with E-state index in [2.05, 4.69) is 15.4 Å². The van der Waals surface area contributed by atoms with Crippen LogP contribution in [-0.4, -0.2) is 32.2 Å². The van der Waals surface area contributed by atoms with Crippen molar-refractivity contribution in [2.45, 2.75) is 18.5 Å². The van der Waals surface area contributed by atoms with Gasteiger partial charge in [0.1, 0.15) is 23.8 Å². The molecule has 3 rings (SSSR count). The number of benzene rings is 2. The van der Waals surface area contributed by atoms with E-state index < -0.39 is 42.0 Å². The highest BCUT2D eigenvalue weighted by Crippen LogP contribution is 2.41. The number of nitrogens with two attached hydrogens (primary N) is 1. The fourth-order valence-corrected chi connectivity index (χ4v) is 3.68. The number of nitrogens with zero attached hydrogens (tertiary/aromatic N) is 1. The third-order valence-electron chi connectivity index (χ3n) is 5.36. The number of methoxy groups -OCH3 is 2. The summed E-state index contributed by atoms with van der Waals surface area (Å²) in [7, 11) is 2.24. The molecular weight excluding hydrogens is 509 g/mol. The topological polar surface area (TPSA) is 153 Å². The van der Waals surface area contributed by atoms with Gasteiger partial charge in [0.15, 0.2) is 0 Å². The molecule has 13 heteroatoms. The van der Waals surface area contributed by atoms with Crippen LogP contribution in [0.3, 0.4) is 0 Å². The molecule has 4 N–H and O–H groups in total. The molecule has 0 saturated heterocycles. The van der Waals surface area contributed by atoms with Gasteiger partial charge in [0.25, 0.3) is 0 Å². The van der Waals surface area contributed by atoms with Crippen LogP contribution in [0, 0.1) is 11.3 Å². The first-order chi connectivity index (χ1) is 18.0. The first-order valence-electron chi connectivity index (χ1n) is 10.8. The van der Waals surface area contributed by atoms with Crippen molar-refractivity contribution in [2.24, 2.45) is 5.73 Å². The molecule has 0 spiro atoms. The lowest BCUT2D eigenvalue weighted by Gasteiger charge is -2.27. The third kappa shape index (κ3) is 6.22. The lowest BCUT2D eigenvalue weighted by atomic mass is 9.82. The number of carbonyl (C=O) groups excluding carboxylic acids is 3. The quantitative estimate of drug-likeness (QED) is 0.471. The van der Waals surface area contributed by atoms with E-state index in [9.17, 15) is 32.8 Å². The Labute approximate surface area is 214 Å². The van der Waals surface area contributed by atoms with E-state index in [-0.39, 0.29) is 34.2 Å². The number of carbonyl (C=O) groups is 3. The highest BCUT2D eigenvalue weighted by Gasteiger charge is 2.38. The summed E-state index contributed by atoms with van der Waals surface area (Å²) in [6.45, 7) is 0. The molecule has 0 bridgehead atoms. The van der Waals surface area contributed by atoms with Gasteiger partial charge in [-0.25, -0.2) is 9.59 Å². The highest BCUT2D eigenvalue weighted by atomic mass is 19.4. The largest absolute Gasteiger partial charge is 0.469 e. The van der Waals surface area contributed by atoms with Gasteiger partial charge in [0.05, 0.1) is 31.3 Å². The first kappa shape index (κ1) is 27.6. The number of alkyl halides is 3. The van der Waals surface area contributed by atoms with Crippen LogP contribution in [0.2, 0.25) is 0 Å². The van der Waals surface area contributed by atoms with E-state index in [0.717, 1.165) is 32.4 Å². The molecule has 1 aliphatic rings. The molecule has 1 heterocycles. The summed E-state index contributed by atoms with van der Waals surface area (Å²) < 4.78 is 53.8. The standard InChI is InChI=1S/C25H21F3N4O6/c1-36-19(33)11-18-21(23(34)37-2)20(17(12-29)22(30)38-18)13-5-3-7-15(9-13)31-24(35)32-16-8-4-6-14(10-16)25(26,27)28/h3-10,20H,11,30H2,1-2H3,(H2,31,32,35). The fraction of sp³-hybridized carbons (Fsp3) is 0.200. The van der Waals surface area contributed by atoms with Crippen LogP contribution in [0.5, 0.6) is 0 Å². The van der Waals surface area contributed by atoms with Crippen LogP contribution < -0.4 is 16.4 Å². The van der Waals surface area contributed by atoms with Crippen molar-refractivity contribution in [1.82, 2.24) is 0 Å². The summed E-state index contributed by atoms with van der Waals surface area (Å²) in [5.74, 6) is -3.28. The molecule has 1 unspecified atom stereocenters. The SMILES string of the molecule is COC(=O)CC1=C(C(=O)OC)C(c2cccc(NC(=O)Nc3cccc(C(F)(F)F)c3)c2)C(C#N)=C(N)O1. The van der Waals surface area contributed by atoms with Crippen LogP contribution in [0.25, 0.3) is 0 Å². The smallest absolute Gasteiger partial charge is 0.416 e. The zero-order valence-corrected chi connectivity index (χ0v) is 20.0. The minimum Gasteiger partial charge on any atom is -0.469 e. The molecule has 38 heavy (non-hydrogen) atoms. The number of esters is 2. The second-order valence-electron chi connectivity index (χ2n) is 7.79. The Morgan fingerprint density at radius 2 is 1.68 bits per heavy atom. The van der Waals surface area contributed by atoms with E-state index in [0.29, 0.717) is 5.56 Å². The average Bonchev–Trinajstić information content (AvgIpc) is 2.87. The summed E-state index contributed by atoms with van der Waals surface area (Å²) in [4.78, 5) is 37.1. The van der Waals surface area contributed by atoms with Crippen molar-refractivity contribution >= 4 is 29.3 Å². The number of rotatable bonds is 6. The molecule has 0 aromatic heterocycles. The molecule has 0 radical (unpaired) electrons. The van der Waals surface area contributed by atoms with Gasteiger partial charge in [-0.15, -0.1) is 0 Å². The predicted molar refractivity (Wildman–Crippen MR) is 127 cm³/mol. The van der Waals surface area contributed by atoms with Crippen molar-refractivity contribution < 1.29 is 41.8 Å². The van der Waals surface area contributed by atoms with Gasteiger partial charge in [0, 0.05) is 11.4 Å². The van der Waals surface area contributed by atoms with Crippen LogP contribution in [0.1, 0.15) is 23.5 Å². The molecule has 2 aromatic carbocycles. The van der Waals surface area contributed by atoms with Gasteiger partial charge in [0.2, 0.25) is 5.88 Å². The number of allylic oxidation sites excluding steroid dienone is 1. The predicted octanol–water partition coefficient (Wildman–Crippen LogP) is 4.15. The number of urea groups is 1. The number of halogens is 3. The summed E-state index contributed by atoms with van der Waals surface area (Å²) >= 11 is 0. The van der Waals surface area contributed by atoms with Gasteiger partial charge in [-0.3, -0.25) is 4.79 Å². The van der Waals surface area contributed by atoms with E-state index >= 15 is 0 Å². The number of nitriles is 1. The number of ether oxygens (including phenoxy) is 3. The van der Waals surface area contributed by atoms with Gasteiger partial charge in [-0.2, -0.15) is 18.4 Å². The van der Waals surface area contributed by atoms with E-state index in [1.807, 2.05) is 6.07 Å². The average molecular weight is 530 g/mol. The highest BCUT2D eigenvalue weighted by molar-refractivity contribution is 6.00. The Bertz CT molecular complexity index is 1380. The third-order valence-corrected chi connectivity index (χ3v) is 5.36. The zero-order chi connectivity index (χ0) is 28.0. The normalized spacial score (nSPS) is 15.2. The lowest BCUT2D eigenvalue weighted by molar-refractivity contribution is -0.140. The van der Waals surface area contributed by atoms with Crippen LogP contribution in [0.4, 0.5) is 29.3 Å². The molecule has 1 aliphatic heterocycles. The Hall–Kier alpha value is -4.99. The molecule has 1 atom stereocenters. The molecule has 0 aliphatic carbocycles. The van der Waals surface area contributed by atoms with Crippen molar-refractivity contribution in [2.75, 3.05) is 24.9 Å². The van der Waals surface area contributed by atoms with Crippen molar-refractivity contribution in [3.8, 4) is 6.07 Å². The zero-order valence-electron chi connectivity index (χ0n) is 20.0. The molecular formula is C25H21F3N4O6. The molecule has 10 nitrogen and oxygen atoms in total. The summed E-state index contributed by atoms with van der Waals surface area (Å²) in [5.41, 5.74) is 5.04. The molecule has 198 valence electrons. The second kappa shape index (κ2) is 11.4. The van der Waals surface area contributed by atoms with Crippen molar-refractivity contribution in [3.05, 3.63) is 82.4 Å². The first-order valence-corrected chi connectivity index (χ1v) is 10.8. The number of amides is 2. The molecule has 2 amide bonds. The number of nitrogens with one attached hydrogen (secondary N) is 2. The van der Waals surface area contributed by atoms with E-state index in [1.54, 1.807) is 0 Å². The second-order valence-corrected chi connectivity index (χ2v) is 7.79. The van der Waals surface area contributed by atoms with E-state index in [1.165, 1.54) is 30.3 Å². The van der Waals surface area contributed by atoms with Crippen LogP contribution in [-0.2, 0) is 30.0 Å². The summed E-state index contributed by atoms with van der Waals surface area (Å²) in [5, 5.41) is 14.5. The van der Waals surface area contributed by atoms with Gasteiger partial charge in [-0.05, 0) is 35.9 Å². The van der Waals surface area contributed by atoms with Crippen LogP contribution >= 0.6 is 0 Å². The number of hydrogen-bond acceptors (Lipinski definition) is 8. The molecule has 0 saturated carbocycles. The monoisotopic (exact) mass is 530 g/mol. The number of anilines is 2. The maximum absolute atomic E-state index is 13.0.